The maximum Gasteiger partial charge on any atom is 0.416 e. The average molecular weight is 694 g/mol. The summed E-state index contributed by atoms with van der Waals surface area (Å²) >= 11 is 0. The summed E-state index contributed by atoms with van der Waals surface area (Å²) in [6, 6.07) is 4.38. The van der Waals surface area contributed by atoms with Gasteiger partial charge in [-0.1, -0.05) is 6.92 Å². The Morgan fingerprint density at radius 1 is 1.02 bits per heavy atom. The molecule has 2 aromatic heterocycles. The minimum Gasteiger partial charge on any atom is -0.465 e. The van der Waals surface area contributed by atoms with Crippen LogP contribution in [0, 0.1) is 5.92 Å². The molecule has 0 saturated carbocycles. The fourth-order valence-corrected chi connectivity index (χ4v) is 6.77. The number of amides is 1. The summed E-state index contributed by atoms with van der Waals surface area (Å²) < 4.78 is 84.9. The van der Waals surface area contributed by atoms with Gasteiger partial charge in [0.25, 0.3) is 0 Å². The number of ketones is 1. The number of carbonyl (C=O) groups is 2. The number of halogens is 6. The van der Waals surface area contributed by atoms with Gasteiger partial charge in [0.2, 0.25) is 0 Å². The van der Waals surface area contributed by atoms with E-state index in [2.05, 4.69) is 15.0 Å². The molecule has 1 fully saturated rings. The van der Waals surface area contributed by atoms with Gasteiger partial charge in [0.05, 0.1) is 52.2 Å². The number of nitrogens with zero attached hydrogens (tertiary/aromatic N) is 6. The fraction of sp³-hybridized carbons (Fsp3) is 0.485. The lowest BCUT2D eigenvalue weighted by Gasteiger charge is -2.47. The maximum atomic E-state index is 14.1. The minimum atomic E-state index is -5.13. The summed E-state index contributed by atoms with van der Waals surface area (Å²) in [6.45, 7) is 4.24. The maximum absolute atomic E-state index is 14.1. The summed E-state index contributed by atoms with van der Waals surface area (Å²) in [4.78, 5) is 42.7. The number of alkyl halides is 6. The van der Waals surface area contributed by atoms with E-state index in [4.69, 9.17) is 5.73 Å². The first-order valence-electron chi connectivity index (χ1n) is 15.7. The van der Waals surface area contributed by atoms with E-state index in [1.807, 2.05) is 4.90 Å². The van der Waals surface area contributed by atoms with Crippen molar-refractivity contribution in [2.75, 3.05) is 41.9 Å². The molecule has 10 nitrogen and oxygen atoms in total. The Labute approximate surface area is 278 Å². The zero-order chi connectivity index (χ0) is 36.1. The molecular weight excluding hydrogens is 656 g/mol. The van der Waals surface area contributed by atoms with Gasteiger partial charge in [0, 0.05) is 39.0 Å². The number of fused-ring (bicyclic) bond motifs is 1. The number of rotatable bonds is 7. The van der Waals surface area contributed by atoms with E-state index >= 15 is 0 Å². The SMILES string of the molecule is CC[C@]1(N)C[C@@H](C(c2cc(C(F)(F)F)cc(C(F)(F)F)c2)c2ncc(N3CCC(C(C)=O)CC3)cn2)c2nc(N(C)C)ccc2N1C(=O)O. The lowest BCUT2D eigenvalue weighted by atomic mass is 9.73. The molecule has 3 atom stereocenters. The monoisotopic (exact) mass is 693 g/mol. The predicted molar refractivity (Wildman–Crippen MR) is 170 cm³/mol. The van der Waals surface area contributed by atoms with Crippen molar-refractivity contribution in [3.05, 3.63) is 70.9 Å². The molecule has 4 heterocycles. The molecule has 0 bridgehead atoms. The number of carboxylic acid groups (broad SMARTS) is 1. The Bertz CT molecular complexity index is 1680. The second-order valence-corrected chi connectivity index (χ2v) is 12.8. The van der Waals surface area contributed by atoms with Crippen molar-refractivity contribution in [2.24, 2.45) is 11.7 Å². The van der Waals surface area contributed by atoms with Gasteiger partial charge in [-0.3, -0.25) is 9.69 Å². The first-order chi connectivity index (χ1) is 22.8. The Hall–Kier alpha value is -4.47. The highest BCUT2D eigenvalue weighted by molar-refractivity contribution is 5.90. The summed E-state index contributed by atoms with van der Waals surface area (Å²) in [6.07, 6.45) is -7.69. The Balaban J connectivity index is 1.73. The van der Waals surface area contributed by atoms with Gasteiger partial charge in [0.15, 0.2) is 0 Å². The Morgan fingerprint density at radius 3 is 2.06 bits per heavy atom. The third-order valence-electron chi connectivity index (χ3n) is 9.50. The standard InChI is InChI=1S/C33H37F6N7O3/c1-5-31(40)15-24(28-25(46(31)30(48)49)6-7-26(43-28)44(3)4)27(20-12-21(32(34,35)36)14-22(13-20)33(37,38)39)29-41-16-23(17-42-29)45-10-8-19(9-11-45)18(2)47/h6-7,12-14,16-17,19,24,27H,5,8-11,15,40H2,1-4H3,(H,48,49)/t24-,27?,31+/m0/s1. The molecule has 1 saturated heterocycles. The van der Waals surface area contributed by atoms with E-state index in [0.29, 0.717) is 49.6 Å². The largest absolute Gasteiger partial charge is 0.465 e. The molecule has 3 aromatic rings. The van der Waals surface area contributed by atoms with Crippen molar-refractivity contribution >= 4 is 29.1 Å². The highest BCUT2D eigenvalue weighted by atomic mass is 19.4. The van der Waals surface area contributed by atoms with Crippen LogP contribution in [0.4, 0.5) is 48.3 Å². The molecule has 16 heteroatoms. The number of pyridine rings is 1. The molecule has 1 amide bonds. The Kier molecular flexibility index (Phi) is 9.58. The molecule has 5 rings (SSSR count). The first kappa shape index (κ1) is 35.8. The average Bonchev–Trinajstić information content (AvgIpc) is 3.04. The van der Waals surface area contributed by atoms with Gasteiger partial charge in [-0.2, -0.15) is 26.3 Å². The number of hydrogen-bond acceptors (Lipinski definition) is 8. The van der Waals surface area contributed by atoms with Crippen LogP contribution >= 0.6 is 0 Å². The number of nitrogens with two attached hydrogens (primary N) is 1. The smallest absolute Gasteiger partial charge is 0.416 e. The number of carbonyl (C=O) groups excluding carboxylic acids is 1. The van der Waals surface area contributed by atoms with Crippen LogP contribution in [-0.4, -0.2) is 64.8 Å². The molecule has 0 radical (unpaired) electrons. The highest BCUT2D eigenvalue weighted by Crippen LogP contribution is 2.51. The van der Waals surface area contributed by atoms with Crippen molar-refractivity contribution in [3.8, 4) is 0 Å². The van der Waals surface area contributed by atoms with Crippen molar-refractivity contribution in [3.63, 3.8) is 0 Å². The van der Waals surface area contributed by atoms with E-state index in [1.54, 1.807) is 38.9 Å². The summed E-state index contributed by atoms with van der Waals surface area (Å²) in [5.74, 6) is -2.12. The van der Waals surface area contributed by atoms with Crippen molar-refractivity contribution in [2.45, 2.75) is 69.4 Å². The van der Waals surface area contributed by atoms with Crippen LogP contribution in [0.15, 0.2) is 42.7 Å². The number of Topliss-reactive ketones (excluding diaryl/α,β-unsaturated/α-hetero) is 1. The van der Waals surface area contributed by atoms with Gasteiger partial charge < -0.3 is 20.6 Å². The van der Waals surface area contributed by atoms with E-state index in [9.17, 15) is 41.0 Å². The van der Waals surface area contributed by atoms with Gasteiger partial charge in [-0.05, 0) is 68.5 Å². The molecule has 0 aliphatic carbocycles. The van der Waals surface area contributed by atoms with Gasteiger partial charge in [-0.25, -0.2) is 19.7 Å². The van der Waals surface area contributed by atoms with Gasteiger partial charge >= 0.3 is 18.4 Å². The van der Waals surface area contributed by atoms with Crippen molar-refractivity contribution < 1.29 is 41.0 Å². The molecule has 2 aliphatic heterocycles. The normalized spacial score (nSPS) is 20.9. The van der Waals surface area contributed by atoms with Crippen LogP contribution in [0.2, 0.25) is 0 Å². The molecule has 0 spiro atoms. The number of piperidine rings is 1. The minimum absolute atomic E-state index is 0.0525. The van der Waals surface area contributed by atoms with E-state index in [0.717, 1.165) is 4.90 Å². The second-order valence-electron chi connectivity index (χ2n) is 12.8. The van der Waals surface area contributed by atoms with Crippen LogP contribution in [0.5, 0.6) is 0 Å². The van der Waals surface area contributed by atoms with Crippen molar-refractivity contribution in [1.29, 1.82) is 0 Å². The Morgan fingerprint density at radius 2 is 1.59 bits per heavy atom. The summed E-state index contributed by atoms with van der Waals surface area (Å²) in [5.41, 5.74) is 2.44. The molecule has 1 aromatic carbocycles. The quantitative estimate of drug-likeness (QED) is 0.262. The van der Waals surface area contributed by atoms with Crippen LogP contribution in [-0.2, 0) is 17.1 Å². The van der Waals surface area contributed by atoms with Crippen LogP contribution in [0.3, 0.4) is 0 Å². The number of aromatic nitrogens is 3. The third-order valence-corrected chi connectivity index (χ3v) is 9.50. The van der Waals surface area contributed by atoms with E-state index < -0.39 is 47.1 Å². The first-order valence-corrected chi connectivity index (χ1v) is 15.7. The number of benzene rings is 1. The number of anilines is 3. The third kappa shape index (κ3) is 7.14. The number of hydrogen-bond donors (Lipinski definition) is 2. The van der Waals surface area contributed by atoms with E-state index in [1.165, 1.54) is 18.5 Å². The van der Waals surface area contributed by atoms with Gasteiger partial charge in [0.1, 0.15) is 17.4 Å². The van der Waals surface area contributed by atoms with Crippen LogP contribution in [0.1, 0.15) is 79.6 Å². The molecule has 49 heavy (non-hydrogen) atoms. The van der Waals surface area contributed by atoms with Gasteiger partial charge in [-0.15, -0.1) is 0 Å². The summed E-state index contributed by atoms with van der Waals surface area (Å²) in [7, 11) is 3.36. The fourth-order valence-electron chi connectivity index (χ4n) is 6.77. The lowest BCUT2D eigenvalue weighted by Crippen LogP contribution is -2.61. The lowest BCUT2D eigenvalue weighted by molar-refractivity contribution is -0.143. The van der Waals surface area contributed by atoms with Crippen LogP contribution in [0.25, 0.3) is 0 Å². The second kappa shape index (κ2) is 13.1. The highest BCUT2D eigenvalue weighted by Gasteiger charge is 2.49. The molecule has 3 N–H and O–H groups in total. The summed E-state index contributed by atoms with van der Waals surface area (Å²) in [5, 5.41) is 10.3. The molecular formula is C33H37F6N7O3. The van der Waals surface area contributed by atoms with Crippen molar-refractivity contribution in [1.82, 2.24) is 15.0 Å². The predicted octanol–water partition coefficient (Wildman–Crippen LogP) is 6.65. The van der Waals surface area contributed by atoms with E-state index in [-0.39, 0.29) is 53.4 Å². The zero-order valence-corrected chi connectivity index (χ0v) is 27.3. The zero-order valence-electron chi connectivity index (χ0n) is 27.3. The molecule has 264 valence electrons. The molecule has 2 aliphatic rings. The topological polar surface area (TPSA) is 129 Å². The van der Waals surface area contributed by atoms with Crippen LogP contribution < -0.4 is 20.4 Å². The molecule has 1 unspecified atom stereocenters.